The van der Waals surface area contributed by atoms with Crippen molar-refractivity contribution in [3.05, 3.63) is 90.5 Å². The van der Waals surface area contributed by atoms with Gasteiger partial charge in [-0.1, -0.05) is 78.4 Å². The zero-order valence-electron chi connectivity index (χ0n) is 13.9. The quantitative estimate of drug-likeness (QED) is 0.643. The molecule has 0 spiro atoms. The van der Waals surface area contributed by atoms with Gasteiger partial charge in [-0.25, -0.2) is 8.42 Å². The first-order chi connectivity index (χ1) is 11.9. The SMILES string of the molecule is Cc1ccc(S(=O)(=O)CP(=O)(c2ccccc2)c2ccccc2)cc1. The van der Waals surface area contributed by atoms with Gasteiger partial charge in [0.2, 0.25) is 0 Å². The van der Waals surface area contributed by atoms with Crippen molar-refractivity contribution in [2.45, 2.75) is 11.8 Å². The minimum atomic E-state index is -3.69. The molecule has 0 fully saturated rings. The molecule has 0 unspecified atom stereocenters. The summed E-state index contributed by atoms with van der Waals surface area (Å²) < 4.78 is 39.8. The van der Waals surface area contributed by atoms with E-state index in [1.807, 2.05) is 19.1 Å². The van der Waals surface area contributed by atoms with Gasteiger partial charge in [0, 0.05) is 10.6 Å². The Balaban J connectivity index is 2.11. The molecule has 25 heavy (non-hydrogen) atoms. The van der Waals surface area contributed by atoms with Crippen LogP contribution in [0.5, 0.6) is 0 Å². The van der Waals surface area contributed by atoms with Gasteiger partial charge in [0.15, 0.2) is 17.0 Å². The zero-order chi connectivity index (χ0) is 17.9. The Bertz CT molecular complexity index is 952. The van der Waals surface area contributed by atoms with E-state index >= 15 is 0 Å². The van der Waals surface area contributed by atoms with E-state index in [0.29, 0.717) is 10.6 Å². The van der Waals surface area contributed by atoms with E-state index in [9.17, 15) is 13.0 Å². The maximum absolute atomic E-state index is 13.9. The topological polar surface area (TPSA) is 51.2 Å². The fourth-order valence-corrected chi connectivity index (χ4v) is 8.56. The van der Waals surface area contributed by atoms with Gasteiger partial charge >= 0.3 is 0 Å². The summed E-state index contributed by atoms with van der Waals surface area (Å²) in [5, 5.41) is 1.11. The lowest BCUT2D eigenvalue weighted by Crippen LogP contribution is -2.22. The molecule has 0 aliphatic carbocycles. The number of hydrogen-bond acceptors (Lipinski definition) is 3. The molecule has 0 heterocycles. The lowest BCUT2D eigenvalue weighted by atomic mass is 10.2. The van der Waals surface area contributed by atoms with Crippen LogP contribution >= 0.6 is 7.14 Å². The van der Waals surface area contributed by atoms with Crippen LogP contribution in [0.4, 0.5) is 0 Å². The summed E-state index contributed by atoms with van der Waals surface area (Å²) in [6, 6.07) is 24.4. The fourth-order valence-electron chi connectivity index (χ4n) is 2.70. The highest BCUT2D eigenvalue weighted by atomic mass is 32.2. The first-order valence-electron chi connectivity index (χ1n) is 7.91. The normalized spacial score (nSPS) is 12.0. The number of benzene rings is 3. The lowest BCUT2D eigenvalue weighted by Gasteiger charge is -2.19. The molecule has 0 N–H and O–H groups in total. The van der Waals surface area contributed by atoms with Gasteiger partial charge < -0.3 is 4.57 Å². The van der Waals surface area contributed by atoms with Crippen LogP contribution in [-0.2, 0) is 14.4 Å². The number of sulfone groups is 1. The molecule has 3 rings (SSSR count). The van der Waals surface area contributed by atoms with Crippen LogP contribution in [-0.4, -0.2) is 13.9 Å². The highest BCUT2D eigenvalue weighted by Crippen LogP contribution is 2.45. The van der Waals surface area contributed by atoms with Crippen LogP contribution in [0.1, 0.15) is 5.56 Å². The van der Waals surface area contributed by atoms with Gasteiger partial charge in [-0.3, -0.25) is 0 Å². The van der Waals surface area contributed by atoms with E-state index in [2.05, 4.69) is 0 Å². The van der Waals surface area contributed by atoms with Crippen molar-refractivity contribution in [2.24, 2.45) is 0 Å². The second kappa shape index (κ2) is 6.99. The van der Waals surface area contributed by atoms with Crippen molar-refractivity contribution in [3.8, 4) is 0 Å². The smallest absolute Gasteiger partial charge is 0.186 e. The van der Waals surface area contributed by atoms with E-state index in [1.54, 1.807) is 72.8 Å². The Kier molecular flexibility index (Phi) is 4.94. The molecule has 3 nitrogen and oxygen atoms in total. The van der Waals surface area contributed by atoms with Crippen molar-refractivity contribution in [1.29, 1.82) is 0 Å². The predicted octanol–water partition coefficient (Wildman–Crippen LogP) is 3.74. The Labute approximate surface area is 148 Å². The van der Waals surface area contributed by atoms with E-state index < -0.39 is 22.5 Å². The molecule has 0 aliphatic heterocycles. The third-order valence-corrected chi connectivity index (χ3v) is 10.1. The summed E-state index contributed by atoms with van der Waals surface area (Å²) in [5.74, 6) is 0. The van der Waals surface area contributed by atoms with Gasteiger partial charge in [-0.2, -0.15) is 0 Å². The number of hydrogen-bond donors (Lipinski definition) is 0. The summed E-state index contributed by atoms with van der Waals surface area (Å²) >= 11 is 0. The second-order valence-corrected chi connectivity index (χ2v) is 11.2. The van der Waals surface area contributed by atoms with Crippen molar-refractivity contribution in [1.82, 2.24) is 0 Å². The summed E-state index contributed by atoms with van der Waals surface area (Å²) in [6.45, 7) is 1.90. The largest absolute Gasteiger partial charge is 0.313 e. The van der Waals surface area contributed by atoms with E-state index in [-0.39, 0.29) is 4.90 Å². The second-order valence-electron chi connectivity index (χ2n) is 5.97. The van der Waals surface area contributed by atoms with Crippen LogP contribution in [0.2, 0.25) is 0 Å². The Morgan fingerprint density at radius 2 is 1.16 bits per heavy atom. The van der Waals surface area contributed by atoms with Crippen LogP contribution in [0, 0.1) is 6.92 Å². The standard InChI is InChI=1S/C20H19O3PS/c1-17-12-14-20(15-13-17)25(22,23)16-24(21,18-8-4-2-5-9-18)19-10-6-3-7-11-19/h2-15H,16H2,1H3. The minimum Gasteiger partial charge on any atom is -0.313 e. The Morgan fingerprint density at radius 1 is 0.720 bits per heavy atom. The molecular formula is C20H19O3PS. The molecule has 5 heteroatoms. The maximum Gasteiger partial charge on any atom is 0.186 e. The van der Waals surface area contributed by atoms with E-state index in [4.69, 9.17) is 0 Å². The van der Waals surface area contributed by atoms with E-state index in [1.165, 1.54) is 0 Å². The lowest BCUT2D eigenvalue weighted by molar-refractivity contribution is 0.584. The number of aryl methyl sites for hydroxylation is 1. The van der Waals surface area contributed by atoms with Crippen molar-refractivity contribution >= 4 is 27.6 Å². The summed E-state index contributed by atoms with van der Waals surface area (Å²) in [5.41, 5.74) is 0.560. The summed E-state index contributed by atoms with van der Waals surface area (Å²) in [4.78, 5) is 0.199. The highest BCUT2D eigenvalue weighted by Gasteiger charge is 2.34. The summed E-state index contributed by atoms with van der Waals surface area (Å²) in [7, 11) is -7.00. The van der Waals surface area contributed by atoms with Crippen LogP contribution < -0.4 is 10.6 Å². The van der Waals surface area contributed by atoms with Crippen molar-refractivity contribution < 1.29 is 13.0 Å². The van der Waals surface area contributed by atoms with E-state index in [0.717, 1.165) is 5.56 Å². The first kappa shape index (κ1) is 17.7. The van der Waals surface area contributed by atoms with Gasteiger partial charge in [0.05, 0.1) is 4.90 Å². The third-order valence-electron chi connectivity index (χ3n) is 4.08. The Hall–Kier alpha value is -2.16. The predicted molar refractivity (Wildman–Crippen MR) is 103 cm³/mol. The van der Waals surface area contributed by atoms with Crippen LogP contribution in [0.25, 0.3) is 0 Å². The molecule has 0 amide bonds. The van der Waals surface area contributed by atoms with Crippen LogP contribution in [0.15, 0.2) is 89.8 Å². The third kappa shape index (κ3) is 3.76. The zero-order valence-corrected chi connectivity index (χ0v) is 15.6. The molecule has 0 bridgehead atoms. The Morgan fingerprint density at radius 3 is 1.60 bits per heavy atom. The molecule has 0 saturated heterocycles. The fraction of sp³-hybridized carbons (Fsp3) is 0.100. The molecule has 3 aromatic rings. The van der Waals surface area contributed by atoms with Crippen molar-refractivity contribution in [2.75, 3.05) is 5.49 Å². The van der Waals surface area contributed by atoms with Crippen molar-refractivity contribution in [3.63, 3.8) is 0 Å². The molecule has 0 radical (unpaired) electrons. The highest BCUT2D eigenvalue weighted by molar-refractivity contribution is 8.02. The number of rotatable bonds is 5. The molecule has 3 aromatic carbocycles. The molecule has 0 saturated carbocycles. The first-order valence-corrected chi connectivity index (χ1v) is 11.5. The average Bonchev–Trinajstić information content (AvgIpc) is 2.63. The monoisotopic (exact) mass is 370 g/mol. The maximum atomic E-state index is 13.9. The molecule has 0 atom stereocenters. The van der Waals surface area contributed by atoms with Gasteiger partial charge in [-0.05, 0) is 19.1 Å². The molecular weight excluding hydrogens is 351 g/mol. The molecule has 0 aliphatic rings. The summed E-state index contributed by atoms with van der Waals surface area (Å²) in [6.07, 6.45) is 0. The van der Waals surface area contributed by atoms with Gasteiger partial charge in [0.1, 0.15) is 5.49 Å². The van der Waals surface area contributed by atoms with Gasteiger partial charge in [0.25, 0.3) is 0 Å². The van der Waals surface area contributed by atoms with Crippen LogP contribution in [0.3, 0.4) is 0 Å². The average molecular weight is 370 g/mol. The van der Waals surface area contributed by atoms with Gasteiger partial charge in [-0.15, -0.1) is 0 Å². The minimum absolute atomic E-state index is 0.199. The molecule has 0 aromatic heterocycles. The molecule has 128 valence electrons.